The number of anilines is 1. The Bertz CT molecular complexity index is 581. The highest BCUT2D eigenvalue weighted by Gasteiger charge is 2.24. The lowest BCUT2D eigenvalue weighted by Crippen LogP contribution is -2.41. The van der Waals surface area contributed by atoms with Gasteiger partial charge in [0.1, 0.15) is 6.61 Å². The third kappa shape index (κ3) is 4.06. The Hall–Kier alpha value is -2.08. The SMILES string of the molecule is NC(=O)[C@H]1CCCN(c2ccc(C(=O)OC[C@@H]3CCCO3)cc2)C1. The van der Waals surface area contributed by atoms with Crippen molar-refractivity contribution < 1.29 is 19.1 Å². The first-order valence-electron chi connectivity index (χ1n) is 8.56. The van der Waals surface area contributed by atoms with E-state index in [0.29, 0.717) is 18.7 Å². The summed E-state index contributed by atoms with van der Waals surface area (Å²) in [5, 5.41) is 0. The van der Waals surface area contributed by atoms with Crippen molar-refractivity contribution in [3.05, 3.63) is 29.8 Å². The Morgan fingerprint density at radius 2 is 2.00 bits per heavy atom. The van der Waals surface area contributed by atoms with Gasteiger partial charge in [0, 0.05) is 25.4 Å². The molecule has 24 heavy (non-hydrogen) atoms. The number of ether oxygens (including phenoxy) is 2. The average Bonchev–Trinajstić information content (AvgIpc) is 3.13. The molecule has 2 atom stereocenters. The van der Waals surface area contributed by atoms with Crippen LogP contribution in [0.1, 0.15) is 36.0 Å². The number of nitrogens with two attached hydrogens (primary N) is 1. The molecule has 0 unspecified atom stereocenters. The van der Waals surface area contributed by atoms with Crippen LogP contribution in [-0.4, -0.2) is 44.3 Å². The minimum atomic E-state index is -0.328. The summed E-state index contributed by atoms with van der Waals surface area (Å²) in [4.78, 5) is 25.6. The van der Waals surface area contributed by atoms with Gasteiger partial charge in [-0.1, -0.05) is 0 Å². The number of nitrogens with zero attached hydrogens (tertiary/aromatic N) is 1. The minimum absolute atomic E-state index is 0.0345. The standard InChI is InChI=1S/C18H24N2O4/c19-17(21)14-3-1-9-20(11-14)15-7-5-13(6-8-15)18(22)24-12-16-4-2-10-23-16/h5-8,14,16H,1-4,9-12H2,(H2,19,21)/t14-,16-/m0/s1. The summed E-state index contributed by atoms with van der Waals surface area (Å²) < 4.78 is 10.8. The highest BCUT2D eigenvalue weighted by molar-refractivity contribution is 5.89. The van der Waals surface area contributed by atoms with E-state index in [-0.39, 0.29) is 23.9 Å². The van der Waals surface area contributed by atoms with Crippen LogP contribution in [0.25, 0.3) is 0 Å². The summed E-state index contributed by atoms with van der Waals surface area (Å²) >= 11 is 0. The summed E-state index contributed by atoms with van der Waals surface area (Å²) in [6.07, 6.45) is 3.80. The highest BCUT2D eigenvalue weighted by Crippen LogP contribution is 2.23. The molecule has 1 amide bonds. The zero-order valence-electron chi connectivity index (χ0n) is 13.8. The van der Waals surface area contributed by atoms with Gasteiger partial charge in [-0.2, -0.15) is 0 Å². The van der Waals surface area contributed by atoms with Crippen LogP contribution in [-0.2, 0) is 14.3 Å². The van der Waals surface area contributed by atoms with Gasteiger partial charge in [0.25, 0.3) is 0 Å². The molecule has 0 bridgehead atoms. The van der Waals surface area contributed by atoms with Gasteiger partial charge in [-0.3, -0.25) is 4.79 Å². The number of esters is 1. The smallest absolute Gasteiger partial charge is 0.338 e. The summed E-state index contributed by atoms with van der Waals surface area (Å²) in [5.74, 6) is -0.672. The first-order valence-corrected chi connectivity index (χ1v) is 8.56. The van der Waals surface area contributed by atoms with E-state index in [1.807, 2.05) is 12.1 Å². The molecule has 1 aromatic rings. The Balaban J connectivity index is 1.56. The number of piperidine rings is 1. The van der Waals surface area contributed by atoms with Crippen molar-refractivity contribution in [3.63, 3.8) is 0 Å². The zero-order chi connectivity index (χ0) is 16.9. The largest absolute Gasteiger partial charge is 0.459 e. The normalized spacial score (nSPS) is 23.9. The van der Waals surface area contributed by atoms with E-state index >= 15 is 0 Å². The topological polar surface area (TPSA) is 81.9 Å². The summed E-state index contributed by atoms with van der Waals surface area (Å²) in [6.45, 7) is 2.59. The van der Waals surface area contributed by atoms with Crippen molar-refractivity contribution in [2.45, 2.75) is 31.8 Å². The van der Waals surface area contributed by atoms with E-state index in [9.17, 15) is 9.59 Å². The fourth-order valence-electron chi connectivity index (χ4n) is 3.28. The van der Waals surface area contributed by atoms with Gasteiger partial charge in [-0.05, 0) is 49.9 Å². The molecule has 2 heterocycles. The molecule has 3 rings (SSSR count). The molecule has 1 aromatic carbocycles. The Kier molecular flexibility index (Phi) is 5.35. The van der Waals surface area contributed by atoms with Gasteiger partial charge < -0.3 is 20.1 Å². The van der Waals surface area contributed by atoms with E-state index in [4.69, 9.17) is 15.2 Å². The second-order valence-corrected chi connectivity index (χ2v) is 6.47. The van der Waals surface area contributed by atoms with E-state index in [1.54, 1.807) is 12.1 Å². The maximum Gasteiger partial charge on any atom is 0.338 e. The lowest BCUT2D eigenvalue weighted by molar-refractivity contribution is -0.122. The number of amides is 1. The quantitative estimate of drug-likeness (QED) is 0.830. The first kappa shape index (κ1) is 16.8. The molecule has 0 radical (unpaired) electrons. The van der Waals surface area contributed by atoms with Gasteiger partial charge in [0.05, 0.1) is 17.6 Å². The van der Waals surface area contributed by atoms with Crippen LogP contribution in [0, 0.1) is 5.92 Å². The van der Waals surface area contributed by atoms with Crippen molar-refractivity contribution in [1.29, 1.82) is 0 Å². The van der Waals surface area contributed by atoms with Crippen LogP contribution in [0.2, 0.25) is 0 Å². The number of carbonyl (C=O) groups excluding carboxylic acids is 2. The fourth-order valence-corrected chi connectivity index (χ4v) is 3.28. The lowest BCUT2D eigenvalue weighted by atomic mass is 9.97. The van der Waals surface area contributed by atoms with E-state index in [1.165, 1.54) is 0 Å². The molecule has 6 heteroatoms. The first-order chi connectivity index (χ1) is 11.6. The molecule has 0 saturated carbocycles. The van der Waals surface area contributed by atoms with E-state index in [2.05, 4.69) is 4.90 Å². The number of rotatable bonds is 5. The molecule has 2 aliphatic rings. The highest BCUT2D eigenvalue weighted by atomic mass is 16.6. The van der Waals surface area contributed by atoms with Crippen LogP contribution >= 0.6 is 0 Å². The van der Waals surface area contributed by atoms with Gasteiger partial charge in [-0.25, -0.2) is 4.79 Å². The number of hydrogen-bond donors (Lipinski definition) is 1. The van der Waals surface area contributed by atoms with Gasteiger partial charge in [-0.15, -0.1) is 0 Å². The third-order valence-corrected chi connectivity index (χ3v) is 4.72. The Morgan fingerprint density at radius 1 is 1.21 bits per heavy atom. The van der Waals surface area contributed by atoms with Gasteiger partial charge in [0.15, 0.2) is 0 Å². The van der Waals surface area contributed by atoms with Crippen molar-refractivity contribution >= 4 is 17.6 Å². The predicted octanol–water partition coefficient (Wildman–Crippen LogP) is 1.72. The molecule has 0 aromatic heterocycles. The summed E-state index contributed by atoms with van der Waals surface area (Å²) in [7, 11) is 0. The third-order valence-electron chi connectivity index (χ3n) is 4.72. The van der Waals surface area contributed by atoms with Crippen molar-refractivity contribution in [2.75, 3.05) is 31.2 Å². The molecule has 0 aliphatic carbocycles. The van der Waals surface area contributed by atoms with Crippen molar-refractivity contribution in [1.82, 2.24) is 0 Å². The zero-order valence-corrected chi connectivity index (χ0v) is 13.8. The molecule has 2 fully saturated rings. The van der Waals surface area contributed by atoms with Crippen LogP contribution in [0.3, 0.4) is 0 Å². The molecular weight excluding hydrogens is 308 g/mol. The van der Waals surface area contributed by atoms with E-state index in [0.717, 1.165) is 44.5 Å². The Morgan fingerprint density at radius 3 is 2.67 bits per heavy atom. The fraction of sp³-hybridized carbons (Fsp3) is 0.556. The maximum atomic E-state index is 12.1. The molecule has 2 N–H and O–H groups in total. The average molecular weight is 332 g/mol. The molecule has 6 nitrogen and oxygen atoms in total. The van der Waals surface area contributed by atoms with Crippen molar-refractivity contribution in [2.24, 2.45) is 11.7 Å². The van der Waals surface area contributed by atoms with Crippen molar-refractivity contribution in [3.8, 4) is 0 Å². The second-order valence-electron chi connectivity index (χ2n) is 6.47. The summed E-state index contributed by atoms with van der Waals surface area (Å²) in [5.41, 5.74) is 6.94. The van der Waals surface area contributed by atoms with Gasteiger partial charge in [0.2, 0.25) is 5.91 Å². The lowest BCUT2D eigenvalue weighted by Gasteiger charge is -2.33. The van der Waals surface area contributed by atoms with E-state index < -0.39 is 0 Å². The number of carbonyl (C=O) groups is 2. The molecule has 0 spiro atoms. The molecular formula is C18H24N2O4. The minimum Gasteiger partial charge on any atom is -0.459 e. The molecule has 2 aliphatic heterocycles. The monoisotopic (exact) mass is 332 g/mol. The van der Waals surface area contributed by atoms with Crippen LogP contribution in [0.4, 0.5) is 5.69 Å². The number of benzene rings is 1. The van der Waals surface area contributed by atoms with Crippen LogP contribution < -0.4 is 10.6 Å². The predicted molar refractivity (Wildman–Crippen MR) is 89.8 cm³/mol. The summed E-state index contributed by atoms with van der Waals surface area (Å²) in [6, 6.07) is 7.32. The number of primary amides is 1. The second kappa shape index (κ2) is 7.66. The van der Waals surface area contributed by atoms with Crippen LogP contribution in [0.15, 0.2) is 24.3 Å². The molecule has 2 saturated heterocycles. The Labute approximate surface area is 141 Å². The maximum absolute atomic E-state index is 12.1. The number of hydrogen-bond acceptors (Lipinski definition) is 5. The van der Waals surface area contributed by atoms with Gasteiger partial charge >= 0.3 is 5.97 Å². The molecule has 130 valence electrons. The van der Waals surface area contributed by atoms with Crippen LogP contribution in [0.5, 0.6) is 0 Å².